The highest BCUT2D eigenvalue weighted by molar-refractivity contribution is 7.93. The number of anilines is 1. The molecule has 2 aromatic heterocycles. The van der Waals surface area contributed by atoms with Crippen LogP contribution >= 0.6 is 0 Å². The quantitative estimate of drug-likeness (QED) is 0.414. The minimum absolute atomic E-state index is 0.00677. The Morgan fingerprint density at radius 2 is 1.89 bits per heavy atom. The van der Waals surface area contributed by atoms with Crippen LogP contribution in [-0.4, -0.2) is 65.3 Å². The maximum atomic E-state index is 13.6. The maximum absolute atomic E-state index is 13.6. The van der Waals surface area contributed by atoms with Crippen LogP contribution in [0.3, 0.4) is 0 Å². The molecule has 0 saturated heterocycles. The van der Waals surface area contributed by atoms with Gasteiger partial charge in [0.1, 0.15) is 17.1 Å². The Bertz CT molecular complexity index is 1330. The molecule has 0 radical (unpaired) electrons. The maximum Gasteiger partial charge on any atom is 0.240 e. The molecule has 0 bridgehead atoms. The zero-order chi connectivity index (χ0) is 26.7. The first kappa shape index (κ1) is 26.9. The number of ether oxygens (including phenoxy) is 4. The first-order valence-corrected chi connectivity index (χ1v) is 13.4. The number of hydrogen-bond donors (Lipinski definition) is 1. The van der Waals surface area contributed by atoms with Crippen molar-refractivity contribution >= 4 is 16.0 Å². The van der Waals surface area contributed by atoms with Crippen LogP contribution < -0.4 is 9.46 Å². The molecule has 3 aromatic rings. The van der Waals surface area contributed by atoms with E-state index in [4.69, 9.17) is 18.9 Å². The Kier molecular flexibility index (Phi) is 8.07. The van der Waals surface area contributed by atoms with Gasteiger partial charge in [0.05, 0.1) is 26.4 Å². The predicted octanol–water partition coefficient (Wildman–Crippen LogP) is 3.02. The Morgan fingerprint density at radius 3 is 2.54 bits per heavy atom. The molecule has 13 heteroatoms. The second-order valence-corrected chi connectivity index (χ2v) is 11.1. The van der Waals surface area contributed by atoms with Crippen LogP contribution in [0.1, 0.15) is 50.1 Å². The highest BCUT2D eigenvalue weighted by Crippen LogP contribution is 2.36. The summed E-state index contributed by atoms with van der Waals surface area (Å²) in [5, 5.41) is 7.42. The molecule has 0 spiro atoms. The molecule has 1 aromatic carbocycles. The summed E-state index contributed by atoms with van der Waals surface area (Å²) in [7, 11) is -0.951. The summed E-state index contributed by atoms with van der Waals surface area (Å²) in [5.41, 5.74) is 2.43. The summed E-state index contributed by atoms with van der Waals surface area (Å²) in [6, 6.07) is 5.52. The number of nitrogens with one attached hydrogen (secondary N) is 1. The fourth-order valence-electron chi connectivity index (χ4n) is 3.97. The number of fused-ring (bicyclic) bond motifs is 3. The van der Waals surface area contributed by atoms with Gasteiger partial charge in [-0.05, 0) is 51.0 Å². The molecule has 37 heavy (non-hydrogen) atoms. The average molecular weight is 533 g/mol. The fraction of sp³-hybridized carbons (Fsp3) is 0.500. The minimum Gasteiger partial charge on any atom is -0.497 e. The van der Waals surface area contributed by atoms with Crippen molar-refractivity contribution in [3.63, 3.8) is 0 Å². The van der Waals surface area contributed by atoms with Crippen LogP contribution in [0, 0.1) is 6.92 Å². The van der Waals surface area contributed by atoms with Gasteiger partial charge in [0.2, 0.25) is 16.0 Å². The number of nitrogens with zero attached hydrogens (tertiary/aromatic N) is 5. The van der Waals surface area contributed by atoms with Crippen molar-refractivity contribution in [3.8, 4) is 17.1 Å². The van der Waals surface area contributed by atoms with E-state index in [1.54, 1.807) is 31.0 Å². The van der Waals surface area contributed by atoms with Crippen molar-refractivity contribution in [3.05, 3.63) is 47.5 Å². The Balaban J connectivity index is 1.72. The Hall–Kier alpha value is -3.13. The normalized spacial score (nSPS) is 17.0. The highest BCUT2D eigenvalue weighted by Gasteiger charge is 2.37. The predicted molar refractivity (Wildman–Crippen MR) is 135 cm³/mol. The van der Waals surface area contributed by atoms with E-state index < -0.39 is 27.6 Å². The number of benzene rings is 1. The molecule has 1 aliphatic rings. The van der Waals surface area contributed by atoms with Gasteiger partial charge < -0.3 is 18.9 Å². The van der Waals surface area contributed by atoms with Crippen molar-refractivity contribution in [2.45, 2.75) is 58.0 Å². The Labute approximate surface area is 216 Å². The number of rotatable bonds is 10. The zero-order valence-electron chi connectivity index (χ0n) is 21.7. The summed E-state index contributed by atoms with van der Waals surface area (Å²) < 4.78 is 54.2. The van der Waals surface area contributed by atoms with E-state index in [1.807, 2.05) is 39.0 Å². The van der Waals surface area contributed by atoms with Gasteiger partial charge in [-0.25, -0.2) is 18.4 Å². The van der Waals surface area contributed by atoms with Gasteiger partial charge in [-0.2, -0.15) is 0 Å². The third-order valence-corrected chi connectivity index (χ3v) is 7.60. The largest absolute Gasteiger partial charge is 0.497 e. The molecule has 0 aliphatic carbocycles. The van der Waals surface area contributed by atoms with Gasteiger partial charge in [0.25, 0.3) is 0 Å². The van der Waals surface area contributed by atoms with Gasteiger partial charge in [0.15, 0.2) is 17.9 Å². The fourth-order valence-corrected chi connectivity index (χ4v) is 5.06. The van der Waals surface area contributed by atoms with Crippen LogP contribution in [0.5, 0.6) is 5.75 Å². The molecule has 200 valence electrons. The van der Waals surface area contributed by atoms with Gasteiger partial charge >= 0.3 is 0 Å². The van der Waals surface area contributed by atoms with Crippen molar-refractivity contribution in [1.82, 2.24) is 24.7 Å². The number of hydrogen-bond acceptors (Lipinski definition) is 10. The van der Waals surface area contributed by atoms with Crippen LogP contribution in [0.2, 0.25) is 0 Å². The highest BCUT2D eigenvalue weighted by atomic mass is 32.2. The standard InChI is InChI=1S/C24H32N6O6S/c1-14(2)36-21(22-25-10-15(3)11-26-22)16(4)37(31,32)29-24-28-27-23-19-9-18(34-6)8-7-17(19)12-35-20(13-33-5)30(23)24/h7-11,14,16,20-21H,12-13H2,1-6H3,(H,28,29)/t16-,20+,21+/m0/s1. The molecule has 1 aliphatic heterocycles. The van der Waals surface area contributed by atoms with E-state index in [2.05, 4.69) is 24.9 Å². The van der Waals surface area contributed by atoms with Gasteiger partial charge in [-0.1, -0.05) is 6.07 Å². The van der Waals surface area contributed by atoms with Gasteiger partial charge in [-0.3, -0.25) is 9.29 Å². The van der Waals surface area contributed by atoms with Gasteiger partial charge in [-0.15, -0.1) is 10.2 Å². The van der Waals surface area contributed by atoms with E-state index in [-0.39, 0.29) is 31.1 Å². The number of sulfonamides is 1. The molecular formula is C24H32N6O6S. The summed E-state index contributed by atoms with van der Waals surface area (Å²) >= 11 is 0. The van der Waals surface area contributed by atoms with Crippen LogP contribution in [0.15, 0.2) is 30.6 Å². The van der Waals surface area contributed by atoms with Crippen molar-refractivity contribution in [1.29, 1.82) is 0 Å². The van der Waals surface area contributed by atoms with Crippen LogP contribution in [-0.2, 0) is 30.8 Å². The molecule has 0 unspecified atom stereocenters. The first-order chi connectivity index (χ1) is 17.6. The number of aryl methyl sites for hydroxylation is 1. The number of aromatic nitrogens is 5. The van der Waals surface area contributed by atoms with Crippen LogP contribution in [0.4, 0.5) is 5.95 Å². The second-order valence-electron chi connectivity index (χ2n) is 9.04. The molecule has 0 fully saturated rings. The molecule has 12 nitrogen and oxygen atoms in total. The van der Waals surface area contributed by atoms with E-state index in [0.717, 1.165) is 16.7 Å². The van der Waals surface area contributed by atoms with Crippen molar-refractivity contribution < 1.29 is 27.4 Å². The zero-order valence-corrected chi connectivity index (χ0v) is 22.5. The lowest BCUT2D eigenvalue weighted by Gasteiger charge is -2.26. The van der Waals surface area contributed by atoms with E-state index in [0.29, 0.717) is 11.6 Å². The van der Waals surface area contributed by atoms with Crippen molar-refractivity contribution in [2.75, 3.05) is 25.5 Å². The molecule has 3 heterocycles. The Morgan fingerprint density at radius 1 is 1.16 bits per heavy atom. The molecule has 4 rings (SSSR count). The van der Waals surface area contributed by atoms with E-state index in [1.165, 1.54) is 7.11 Å². The summed E-state index contributed by atoms with van der Waals surface area (Å²) in [5.74, 6) is 1.32. The summed E-state index contributed by atoms with van der Waals surface area (Å²) in [6.07, 6.45) is 1.40. The average Bonchev–Trinajstić information content (AvgIpc) is 3.20. The monoisotopic (exact) mass is 532 g/mol. The minimum atomic E-state index is -4.06. The molecule has 1 N–H and O–H groups in total. The molecule has 0 saturated carbocycles. The lowest BCUT2D eigenvalue weighted by Crippen LogP contribution is -2.35. The van der Waals surface area contributed by atoms with Crippen LogP contribution in [0.25, 0.3) is 11.4 Å². The molecular weight excluding hydrogens is 500 g/mol. The molecule has 0 amide bonds. The van der Waals surface area contributed by atoms with E-state index in [9.17, 15) is 8.42 Å². The van der Waals surface area contributed by atoms with E-state index >= 15 is 0 Å². The van der Waals surface area contributed by atoms with Crippen molar-refractivity contribution in [2.24, 2.45) is 0 Å². The smallest absolute Gasteiger partial charge is 0.240 e. The third-order valence-electron chi connectivity index (χ3n) is 5.91. The summed E-state index contributed by atoms with van der Waals surface area (Å²) in [4.78, 5) is 8.63. The number of methoxy groups -OCH3 is 2. The SMILES string of the molecule is COC[C@H]1OCc2ccc(OC)cc2-c2nnc(NS(=O)(=O)[C@@H](C)[C@@H](OC(C)C)c3ncc(C)cn3)n21. The molecule has 3 atom stereocenters. The second kappa shape index (κ2) is 11.1. The van der Waals surface area contributed by atoms with Gasteiger partial charge in [0, 0.05) is 25.1 Å². The topological polar surface area (TPSA) is 140 Å². The summed E-state index contributed by atoms with van der Waals surface area (Å²) in [6.45, 7) is 7.47. The lowest BCUT2D eigenvalue weighted by atomic mass is 10.1. The lowest BCUT2D eigenvalue weighted by molar-refractivity contribution is -0.0511. The first-order valence-electron chi connectivity index (χ1n) is 11.8. The third kappa shape index (κ3) is 5.74.